The van der Waals surface area contributed by atoms with Crippen molar-refractivity contribution in [2.45, 2.75) is 6.54 Å². The molecule has 1 aromatic heterocycles. The van der Waals surface area contributed by atoms with Gasteiger partial charge in [-0.15, -0.1) is 0 Å². The third-order valence-corrected chi connectivity index (χ3v) is 3.03. The fraction of sp³-hybridized carbons (Fsp3) is 0.143. The lowest BCUT2D eigenvalue weighted by atomic mass is 10.2. The Balaban J connectivity index is 2.10. The van der Waals surface area contributed by atoms with E-state index >= 15 is 0 Å². The maximum absolute atomic E-state index is 12.1. The van der Waals surface area contributed by atoms with Gasteiger partial charge < -0.3 is 15.5 Å². The van der Waals surface area contributed by atoms with Gasteiger partial charge in [0.2, 0.25) is 0 Å². The summed E-state index contributed by atoms with van der Waals surface area (Å²) in [6.45, 7) is 0.341. The number of benzene rings is 1. The number of anilines is 1. The number of nitrogens with one attached hydrogen (secondary N) is 2. The number of hydrogen-bond acceptors (Lipinski definition) is 5. The molecule has 2 aromatic rings. The summed E-state index contributed by atoms with van der Waals surface area (Å²) in [4.78, 5) is 16.0. The number of ether oxygens (including phenoxy) is 1. The van der Waals surface area contributed by atoms with Crippen LogP contribution in [-0.4, -0.2) is 18.0 Å². The number of hydrazine groups is 1. The first-order chi connectivity index (χ1) is 10.1. The van der Waals surface area contributed by atoms with Crippen molar-refractivity contribution >= 4 is 23.3 Å². The molecule has 4 N–H and O–H groups in total. The molecule has 0 unspecified atom stereocenters. The highest BCUT2D eigenvalue weighted by Gasteiger charge is 2.10. The van der Waals surface area contributed by atoms with Crippen LogP contribution in [0.3, 0.4) is 0 Å². The summed E-state index contributed by atoms with van der Waals surface area (Å²) in [7, 11) is 1.59. The Kier molecular flexibility index (Phi) is 4.97. The molecule has 1 heterocycles. The van der Waals surface area contributed by atoms with E-state index in [0.717, 1.165) is 11.3 Å². The molecule has 0 bridgehead atoms. The molecule has 7 heteroatoms. The van der Waals surface area contributed by atoms with Crippen LogP contribution in [0.25, 0.3) is 0 Å². The second kappa shape index (κ2) is 6.92. The molecule has 110 valence electrons. The number of nitrogens with zero attached hydrogens (tertiary/aromatic N) is 1. The molecule has 0 fully saturated rings. The minimum absolute atomic E-state index is 0.188. The Hall–Kier alpha value is -2.31. The van der Waals surface area contributed by atoms with E-state index in [0.29, 0.717) is 17.9 Å². The largest absolute Gasteiger partial charge is 0.496 e. The summed E-state index contributed by atoms with van der Waals surface area (Å²) in [5, 5.41) is 2.98. The number of para-hydroxylation sites is 1. The van der Waals surface area contributed by atoms with Crippen molar-refractivity contribution in [3.05, 3.63) is 52.7 Å². The molecule has 21 heavy (non-hydrogen) atoms. The predicted octanol–water partition coefficient (Wildman–Crippen LogP) is 1.96. The molecule has 0 radical (unpaired) electrons. The molecule has 1 amide bonds. The van der Waals surface area contributed by atoms with Gasteiger partial charge in [0.15, 0.2) is 0 Å². The predicted molar refractivity (Wildman–Crippen MR) is 81.2 cm³/mol. The minimum Gasteiger partial charge on any atom is -0.496 e. The van der Waals surface area contributed by atoms with E-state index in [1.165, 1.54) is 12.1 Å². The van der Waals surface area contributed by atoms with E-state index in [-0.39, 0.29) is 11.1 Å². The second-order valence-electron chi connectivity index (χ2n) is 4.20. The number of rotatable bonds is 5. The molecule has 2 rings (SSSR count). The van der Waals surface area contributed by atoms with Crippen LogP contribution in [0.2, 0.25) is 5.15 Å². The van der Waals surface area contributed by atoms with Crippen LogP contribution in [0.1, 0.15) is 15.9 Å². The van der Waals surface area contributed by atoms with E-state index in [1.54, 1.807) is 7.11 Å². The monoisotopic (exact) mass is 306 g/mol. The Bertz CT molecular complexity index is 649. The van der Waals surface area contributed by atoms with Crippen LogP contribution in [-0.2, 0) is 6.54 Å². The molecular formula is C14H15ClN4O2. The smallest absolute Gasteiger partial charge is 0.251 e. The third kappa shape index (κ3) is 3.84. The Morgan fingerprint density at radius 3 is 2.86 bits per heavy atom. The van der Waals surface area contributed by atoms with E-state index in [1.807, 2.05) is 24.3 Å². The zero-order valence-electron chi connectivity index (χ0n) is 11.4. The number of halogens is 1. The first-order valence-electron chi connectivity index (χ1n) is 6.18. The van der Waals surface area contributed by atoms with Gasteiger partial charge >= 0.3 is 0 Å². The average Bonchev–Trinajstić information content (AvgIpc) is 2.52. The number of carbonyl (C=O) groups excluding carboxylic acids is 1. The highest BCUT2D eigenvalue weighted by Crippen LogP contribution is 2.17. The number of hydrogen-bond donors (Lipinski definition) is 3. The van der Waals surface area contributed by atoms with Crippen molar-refractivity contribution in [3.63, 3.8) is 0 Å². The maximum Gasteiger partial charge on any atom is 0.251 e. The number of nitrogens with two attached hydrogens (primary N) is 1. The van der Waals surface area contributed by atoms with Gasteiger partial charge in [-0.1, -0.05) is 29.8 Å². The van der Waals surface area contributed by atoms with E-state index in [2.05, 4.69) is 15.7 Å². The Morgan fingerprint density at radius 1 is 1.38 bits per heavy atom. The maximum atomic E-state index is 12.1. The van der Waals surface area contributed by atoms with Crippen LogP contribution in [0, 0.1) is 0 Å². The molecule has 0 aliphatic carbocycles. The summed E-state index contributed by atoms with van der Waals surface area (Å²) < 4.78 is 5.23. The molecule has 0 saturated heterocycles. The first kappa shape index (κ1) is 15.1. The van der Waals surface area contributed by atoms with Crippen LogP contribution < -0.4 is 21.3 Å². The van der Waals surface area contributed by atoms with Crippen LogP contribution in [0.4, 0.5) is 5.82 Å². The Labute approximate surface area is 127 Å². The van der Waals surface area contributed by atoms with Crippen molar-refractivity contribution in [1.29, 1.82) is 0 Å². The van der Waals surface area contributed by atoms with Gasteiger partial charge in [0.05, 0.1) is 7.11 Å². The van der Waals surface area contributed by atoms with Crippen LogP contribution in [0.15, 0.2) is 36.4 Å². The number of methoxy groups -OCH3 is 1. The molecule has 0 aliphatic heterocycles. The fourth-order valence-corrected chi connectivity index (χ4v) is 2.04. The molecular weight excluding hydrogens is 292 g/mol. The minimum atomic E-state index is -0.276. The van der Waals surface area contributed by atoms with Crippen molar-refractivity contribution in [2.24, 2.45) is 5.84 Å². The number of amides is 1. The van der Waals surface area contributed by atoms with Gasteiger partial charge in [-0.2, -0.15) is 0 Å². The van der Waals surface area contributed by atoms with Gasteiger partial charge in [-0.25, -0.2) is 10.8 Å². The lowest BCUT2D eigenvalue weighted by Crippen LogP contribution is -2.23. The quantitative estimate of drug-likeness (QED) is 0.446. The summed E-state index contributed by atoms with van der Waals surface area (Å²) in [6.07, 6.45) is 0. The summed E-state index contributed by atoms with van der Waals surface area (Å²) >= 11 is 5.83. The van der Waals surface area contributed by atoms with Crippen molar-refractivity contribution in [1.82, 2.24) is 10.3 Å². The van der Waals surface area contributed by atoms with E-state index < -0.39 is 0 Å². The molecule has 6 nitrogen and oxygen atoms in total. The number of pyridine rings is 1. The first-order valence-corrected chi connectivity index (χ1v) is 6.56. The summed E-state index contributed by atoms with van der Waals surface area (Å²) in [5.41, 5.74) is 3.61. The standard InChI is InChI=1S/C14H15ClN4O2/c1-21-11-5-3-2-4-9(11)8-17-14(20)10-6-12(15)18-13(7-10)19-16/h2-7H,8,16H2,1H3,(H,17,20)(H,18,19). The van der Waals surface area contributed by atoms with Crippen molar-refractivity contribution in [2.75, 3.05) is 12.5 Å². The highest BCUT2D eigenvalue weighted by molar-refractivity contribution is 6.29. The molecule has 1 aromatic carbocycles. The summed E-state index contributed by atoms with van der Waals surface area (Å²) in [6, 6.07) is 10.5. The molecule has 0 saturated carbocycles. The van der Waals surface area contributed by atoms with Gasteiger partial charge in [-0.3, -0.25) is 4.79 Å². The van der Waals surface area contributed by atoms with Gasteiger partial charge in [0.1, 0.15) is 16.7 Å². The zero-order chi connectivity index (χ0) is 15.2. The highest BCUT2D eigenvalue weighted by atomic mass is 35.5. The SMILES string of the molecule is COc1ccccc1CNC(=O)c1cc(Cl)nc(NN)c1. The normalized spacial score (nSPS) is 10.0. The van der Waals surface area contributed by atoms with Crippen LogP contribution >= 0.6 is 11.6 Å². The van der Waals surface area contributed by atoms with Crippen molar-refractivity contribution < 1.29 is 9.53 Å². The number of aromatic nitrogens is 1. The van der Waals surface area contributed by atoms with Gasteiger partial charge in [0, 0.05) is 17.7 Å². The number of carbonyl (C=O) groups is 1. The summed E-state index contributed by atoms with van der Waals surface area (Å²) in [5.74, 6) is 6.04. The lowest BCUT2D eigenvalue weighted by molar-refractivity contribution is 0.0950. The third-order valence-electron chi connectivity index (χ3n) is 2.84. The average molecular weight is 307 g/mol. The van der Waals surface area contributed by atoms with E-state index in [9.17, 15) is 4.79 Å². The van der Waals surface area contributed by atoms with E-state index in [4.69, 9.17) is 22.2 Å². The van der Waals surface area contributed by atoms with Gasteiger partial charge in [0.25, 0.3) is 5.91 Å². The van der Waals surface area contributed by atoms with Crippen molar-refractivity contribution in [3.8, 4) is 5.75 Å². The second-order valence-corrected chi connectivity index (χ2v) is 4.59. The fourth-order valence-electron chi connectivity index (χ4n) is 1.83. The topological polar surface area (TPSA) is 89.3 Å². The zero-order valence-corrected chi connectivity index (χ0v) is 12.1. The molecule has 0 aliphatic rings. The lowest BCUT2D eigenvalue weighted by Gasteiger charge is -2.10. The number of nitrogen functional groups attached to an aromatic ring is 1. The van der Waals surface area contributed by atoms with Gasteiger partial charge in [-0.05, 0) is 18.2 Å². The molecule has 0 atom stereocenters. The van der Waals surface area contributed by atoms with Crippen LogP contribution in [0.5, 0.6) is 5.75 Å². The molecule has 0 spiro atoms. The Morgan fingerprint density at radius 2 is 2.14 bits per heavy atom.